The highest BCUT2D eigenvalue weighted by Gasteiger charge is 2.23. The number of hydrogen-bond donors (Lipinski definition) is 2. The average Bonchev–Trinajstić information content (AvgIpc) is 3.06. The molecule has 1 aromatic carbocycles. The van der Waals surface area contributed by atoms with Gasteiger partial charge in [-0.3, -0.25) is 4.79 Å². The van der Waals surface area contributed by atoms with E-state index in [1.165, 1.54) is 31.9 Å². The molecule has 0 spiro atoms. The highest BCUT2D eigenvalue weighted by Crippen LogP contribution is 2.46. The summed E-state index contributed by atoms with van der Waals surface area (Å²) in [5, 5.41) is 4.94. The smallest absolute Gasteiger partial charge is 0.254 e. The molecule has 7 nitrogen and oxygen atoms in total. The topological polar surface area (TPSA) is 99.4 Å². The van der Waals surface area contributed by atoms with E-state index in [1.54, 1.807) is 11.6 Å². The largest absolute Gasteiger partial charge is 0.493 e. The zero-order valence-electron chi connectivity index (χ0n) is 13.8. The molecule has 0 bridgehead atoms. The average molecular weight is 413 g/mol. The number of fused-ring (bicyclic) bond motifs is 1. The molecule has 10 heteroatoms. The van der Waals surface area contributed by atoms with Crippen molar-refractivity contribution < 1.29 is 14.3 Å². The predicted molar refractivity (Wildman–Crippen MR) is 103 cm³/mol. The molecular formula is C16H14Cl2N4O3S. The Morgan fingerprint density at radius 1 is 1.27 bits per heavy atom. The fraction of sp³-hybridized carbons (Fsp3) is 0.188. The Morgan fingerprint density at radius 2 is 1.92 bits per heavy atom. The molecule has 0 radical (unpaired) electrons. The lowest BCUT2D eigenvalue weighted by atomic mass is 10.1. The number of ether oxygens (including phenoxy) is 2. The second-order valence-corrected chi connectivity index (χ2v) is 6.82. The van der Waals surface area contributed by atoms with Crippen LogP contribution in [-0.2, 0) is 6.54 Å². The number of methoxy groups -OCH3 is 2. The van der Waals surface area contributed by atoms with Crippen molar-refractivity contribution in [3.8, 4) is 11.5 Å². The number of rotatable bonds is 5. The zero-order valence-corrected chi connectivity index (χ0v) is 16.1. The molecule has 0 aliphatic rings. The van der Waals surface area contributed by atoms with Crippen molar-refractivity contribution in [2.75, 3.05) is 20.0 Å². The van der Waals surface area contributed by atoms with Crippen molar-refractivity contribution in [2.45, 2.75) is 6.54 Å². The molecular weight excluding hydrogens is 399 g/mol. The molecule has 0 unspecified atom stereocenters. The Hall–Kier alpha value is -2.29. The van der Waals surface area contributed by atoms with Crippen LogP contribution in [0.3, 0.4) is 0 Å². The number of nitrogens with one attached hydrogen (secondary N) is 1. The molecule has 3 rings (SSSR count). The Kier molecular flexibility index (Phi) is 5.36. The summed E-state index contributed by atoms with van der Waals surface area (Å²) in [6, 6.07) is 0. The van der Waals surface area contributed by atoms with Crippen molar-refractivity contribution in [1.29, 1.82) is 0 Å². The third-order valence-electron chi connectivity index (χ3n) is 3.73. The minimum Gasteiger partial charge on any atom is -0.493 e. The molecule has 136 valence electrons. The molecule has 0 fully saturated rings. The van der Waals surface area contributed by atoms with Gasteiger partial charge in [-0.15, -0.1) is 11.3 Å². The highest BCUT2D eigenvalue weighted by atomic mass is 35.5. The van der Waals surface area contributed by atoms with E-state index < -0.39 is 0 Å². The molecule has 0 saturated heterocycles. The van der Waals surface area contributed by atoms with Crippen LogP contribution in [0.2, 0.25) is 10.0 Å². The van der Waals surface area contributed by atoms with Crippen molar-refractivity contribution >= 4 is 56.3 Å². The van der Waals surface area contributed by atoms with Crippen molar-refractivity contribution in [3.05, 3.63) is 39.1 Å². The molecule has 2 heterocycles. The summed E-state index contributed by atoms with van der Waals surface area (Å²) < 4.78 is 11.3. The van der Waals surface area contributed by atoms with Crippen LogP contribution in [0.15, 0.2) is 17.9 Å². The molecule has 0 saturated carbocycles. The van der Waals surface area contributed by atoms with Gasteiger partial charge in [-0.2, -0.15) is 0 Å². The Bertz CT molecular complexity index is 962. The Balaban J connectivity index is 1.91. The lowest BCUT2D eigenvalue weighted by molar-refractivity contribution is 0.0952. The van der Waals surface area contributed by atoms with Crippen molar-refractivity contribution in [1.82, 2.24) is 15.3 Å². The van der Waals surface area contributed by atoms with Crippen LogP contribution < -0.4 is 20.5 Å². The van der Waals surface area contributed by atoms with Crippen LogP contribution in [0.1, 0.15) is 15.9 Å². The maximum atomic E-state index is 12.6. The van der Waals surface area contributed by atoms with Crippen LogP contribution in [-0.4, -0.2) is 30.1 Å². The third kappa shape index (κ3) is 3.11. The number of nitrogens with zero attached hydrogens (tertiary/aromatic N) is 2. The van der Waals surface area contributed by atoms with E-state index in [9.17, 15) is 4.79 Å². The first-order chi connectivity index (χ1) is 12.5. The minimum atomic E-state index is -0.308. The summed E-state index contributed by atoms with van der Waals surface area (Å²) in [7, 11) is 2.87. The SMILES string of the molecule is COc1c(N)c(OC)c(Cl)c(CNC(=O)c2csc3cncnc23)c1Cl. The van der Waals surface area contributed by atoms with E-state index in [0.29, 0.717) is 16.6 Å². The number of nitrogens with two attached hydrogens (primary N) is 1. The normalized spacial score (nSPS) is 10.8. The molecule has 3 N–H and O–H groups in total. The first-order valence-corrected chi connectivity index (χ1v) is 8.95. The number of aromatic nitrogens is 2. The predicted octanol–water partition coefficient (Wildman–Crippen LogP) is 3.53. The van der Waals surface area contributed by atoms with Crippen LogP contribution in [0.25, 0.3) is 10.2 Å². The van der Waals surface area contributed by atoms with E-state index in [1.807, 2.05) is 0 Å². The van der Waals surface area contributed by atoms with Gasteiger partial charge in [-0.05, 0) is 0 Å². The molecule has 2 aromatic heterocycles. The molecule has 0 aliphatic heterocycles. The lowest BCUT2D eigenvalue weighted by Gasteiger charge is -2.17. The van der Waals surface area contributed by atoms with Crippen LogP contribution in [0, 0.1) is 0 Å². The van der Waals surface area contributed by atoms with Crippen molar-refractivity contribution in [3.63, 3.8) is 0 Å². The second-order valence-electron chi connectivity index (χ2n) is 5.15. The fourth-order valence-corrected chi connectivity index (χ4v) is 4.06. The highest BCUT2D eigenvalue weighted by molar-refractivity contribution is 7.17. The van der Waals surface area contributed by atoms with Gasteiger partial charge in [0.1, 0.15) is 12.0 Å². The molecule has 0 atom stereocenters. The summed E-state index contributed by atoms with van der Waals surface area (Å²) in [6.45, 7) is 0.0614. The van der Waals surface area contributed by atoms with Gasteiger partial charge in [-0.25, -0.2) is 9.97 Å². The summed E-state index contributed by atoms with van der Waals surface area (Å²) >= 11 is 14.1. The van der Waals surface area contributed by atoms with Crippen molar-refractivity contribution in [2.24, 2.45) is 0 Å². The quantitative estimate of drug-likeness (QED) is 0.621. The first-order valence-electron chi connectivity index (χ1n) is 7.32. The maximum absolute atomic E-state index is 12.6. The summed E-state index contributed by atoms with van der Waals surface area (Å²) in [5.74, 6) is 0.175. The zero-order chi connectivity index (χ0) is 18.8. The van der Waals surface area contributed by atoms with Gasteiger partial charge in [0.2, 0.25) is 0 Å². The number of benzene rings is 1. The van der Waals surface area contributed by atoms with Gasteiger partial charge >= 0.3 is 0 Å². The maximum Gasteiger partial charge on any atom is 0.254 e. The summed E-state index contributed by atoms with van der Waals surface area (Å²) in [6.07, 6.45) is 3.06. The number of anilines is 1. The lowest BCUT2D eigenvalue weighted by Crippen LogP contribution is -2.23. The van der Waals surface area contributed by atoms with E-state index in [-0.39, 0.29) is 39.7 Å². The number of carbonyl (C=O) groups is 1. The molecule has 3 aromatic rings. The first kappa shape index (κ1) is 18.5. The Labute approximate surface area is 163 Å². The van der Waals surface area contributed by atoms with Gasteiger partial charge in [0.05, 0.1) is 40.0 Å². The fourth-order valence-electron chi connectivity index (χ4n) is 2.47. The third-order valence-corrected chi connectivity index (χ3v) is 5.44. The summed E-state index contributed by atoms with van der Waals surface area (Å²) in [4.78, 5) is 20.6. The second kappa shape index (κ2) is 7.53. The van der Waals surface area contributed by atoms with Gasteiger partial charge in [-0.1, -0.05) is 23.2 Å². The number of carbonyl (C=O) groups excluding carboxylic acids is 1. The number of thiophene rings is 1. The van der Waals surface area contributed by atoms with E-state index in [0.717, 1.165) is 4.70 Å². The Morgan fingerprint density at radius 3 is 2.54 bits per heavy atom. The molecule has 1 amide bonds. The van der Waals surface area contributed by atoms with Crippen LogP contribution >= 0.6 is 34.5 Å². The molecule has 26 heavy (non-hydrogen) atoms. The van der Waals surface area contributed by atoms with Gasteiger partial charge in [0.15, 0.2) is 11.5 Å². The van der Waals surface area contributed by atoms with Gasteiger partial charge < -0.3 is 20.5 Å². The number of amides is 1. The number of hydrogen-bond acceptors (Lipinski definition) is 7. The van der Waals surface area contributed by atoms with Crippen LogP contribution in [0.5, 0.6) is 11.5 Å². The van der Waals surface area contributed by atoms with E-state index in [2.05, 4.69) is 15.3 Å². The number of nitrogen functional groups attached to an aromatic ring is 1. The monoisotopic (exact) mass is 412 g/mol. The summed E-state index contributed by atoms with van der Waals surface area (Å²) in [5.41, 5.74) is 7.63. The van der Waals surface area contributed by atoms with Crippen LogP contribution in [0.4, 0.5) is 5.69 Å². The van der Waals surface area contributed by atoms with Gasteiger partial charge in [0, 0.05) is 23.7 Å². The molecule has 0 aliphatic carbocycles. The minimum absolute atomic E-state index is 0.0614. The van der Waals surface area contributed by atoms with E-state index >= 15 is 0 Å². The standard InChI is InChI=1S/C16H14Cl2N4O3S/c1-24-14-10(17)7(11(18)15(25-2)12(14)19)3-21-16(23)8-5-26-9-4-20-6-22-13(8)9/h4-6H,3,19H2,1-2H3,(H,21,23). The van der Waals surface area contributed by atoms with Gasteiger partial charge in [0.25, 0.3) is 5.91 Å². The number of halogens is 2. The van der Waals surface area contributed by atoms with E-state index in [4.69, 9.17) is 38.4 Å².